The highest BCUT2D eigenvalue weighted by atomic mass is 127. The van der Waals surface area contributed by atoms with Gasteiger partial charge in [-0.15, -0.1) is 0 Å². The Hall–Kier alpha value is -0.220. The van der Waals surface area contributed by atoms with E-state index in [4.69, 9.17) is 16.0 Å². The zero-order valence-corrected chi connectivity index (χ0v) is 9.31. The van der Waals surface area contributed by atoms with E-state index in [1.165, 1.54) is 0 Å². The van der Waals surface area contributed by atoms with E-state index in [0.717, 1.165) is 20.3 Å². The summed E-state index contributed by atoms with van der Waals surface area (Å²) in [5.41, 5.74) is 0.787. The Morgan fingerprint density at radius 1 is 1.33 bits per heavy atom. The van der Waals surface area contributed by atoms with Gasteiger partial charge in [0.2, 0.25) is 0 Å². The fourth-order valence-corrected chi connectivity index (χ4v) is 2.30. The van der Waals surface area contributed by atoms with Crippen LogP contribution in [-0.4, -0.2) is 0 Å². The molecule has 3 heteroatoms. The fraction of sp³-hybridized carbons (Fsp3) is 0.111. The molecule has 2 aromatic rings. The maximum absolute atomic E-state index is 5.98. The molecule has 0 aliphatic heterocycles. The molecule has 62 valence electrons. The van der Waals surface area contributed by atoms with Gasteiger partial charge in [-0.25, -0.2) is 0 Å². The lowest BCUT2D eigenvalue weighted by molar-refractivity contribution is 0.578. The van der Waals surface area contributed by atoms with E-state index in [1.807, 2.05) is 19.1 Å². The van der Waals surface area contributed by atoms with E-state index >= 15 is 0 Å². The van der Waals surface area contributed by atoms with Crippen LogP contribution in [0.4, 0.5) is 0 Å². The molecule has 0 unspecified atom stereocenters. The van der Waals surface area contributed by atoms with Gasteiger partial charge < -0.3 is 4.42 Å². The van der Waals surface area contributed by atoms with Crippen molar-refractivity contribution in [2.45, 2.75) is 6.92 Å². The molecule has 0 atom stereocenters. The van der Waals surface area contributed by atoms with Crippen molar-refractivity contribution in [3.8, 4) is 0 Å². The molecule has 0 fully saturated rings. The van der Waals surface area contributed by atoms with Gasteiger partial charge in [-0.3, -0.25) is 0 Å². The molecule has 0 saturated carbocycles. The molecular formula is C9H6ClIO. The predicted octanol–water partition coefficient (Wildman–Crippen LogP) is 4.00. The van der Waals surface area contributed by atoms with Crippen LogP contribution in [0.25, 0.3) is 11.0 Å². The third kappa shape index (κ3) is 1.33. The molecule has 0 saturated heterocycles. The molecule has 2 rings (SSSR count). The van der Waals surface area contributed by atoms with Gasteiger partial charge in [0.1, 0.15) is 5.76 Å². The van der Waals surface area contributed by atoms with E-state index in [-0.39, 0.29) is 0 Å². The lowest BCUT2D eigenvalue weighted by atomic mass is 10.2. The first-order chi connectivity index (χ1) is 5.66. The minimum Gasteiger partial charge on any atom is -0.460 e. The topological polar surface area (TPSA) is 13.1 Å². The smallest absolute Gasteiger partial charge is 0.152 e. The molecule has 1 heterocycles. The molecule has 0 aliphatic carbocycles. The van der Waals surface area contributed by atoms with Gasteiger partial charge in [0, 0.05) is 8.96 Å². The summed E-state index contributed by atoms with van der Waals surface area (Å²) >= 11 is 8.21. The summed E-state index contributed by atoms with van der Waals surface area (Å²) in [7, 11) is 0. The average Bonchev–Trinajstić information content (AvgIpc) is 2.29. The van der Waals surface area contributed by atoms with Crippen LogP contribution in [-0.2, 0) is 0 Å². The van der Waals surface area contributed by atoms with Crippen LogP contribution in [0, 0.1) is 10.5 Å². The monoisotopic (exact) mass is 292 g/mol. The van der Waals surface area contributed by atoms with Crippen molar-refractivity contribution in [1.29, 1.82) is 0 Å². The largest absolute Gasteiger partial charge is 0.460 e. The van der Waals surface area contributed by atoms with E-state index in [1.54, 1.807) is 0 Å². The van der Waals surface area contributed by atoms with E-state index in [9.17, 15) is 0 Å². The normalized spacial score (nSPS) is 10.9. The second kappa shape index (κ2) is 2.92. The van der Waals surface area contributed by atoms with Crippen molar-refractivity contribution in [3.05, 3.63) is 32.6 Å². The Labute approximate surface area is 88.8 Å². The van der Waals surface area contributed by atoms with Gasteiger partial charge >= 0.3 is 0 Å². The van der Waals surface area contributed by atoms with Crippen molar-refractivity contribution >= 4 is 45.2 Å². The lowest BCUT2D eigenvalue weighted by Gasteiger charge is -1.93. The lowest BCUT2D eigenvalue weighted by Crippen LogP contribution is -1.71. The first kappa shape index (κ1) is 8.38. The number of aryl methyl sites for hydroxylation is 1. The number of fused-ring (bicyclic) bond motifs is 1. The van der Waals surface area contributed by atoms with Crippen LogP contribution in [0.3, 0.4) is 0 Å². The summed E-state index contributed by atoms with van der Waals surface area (Å²) in [4.78, 5) is 0. The minimum absolute atomic E-state index is 0.685. The molecule has 1 aromatic heterocycles. The summed E-state index contributed by atoms with van der Waals surface area (Å²) < 4.78 is 6.55. The third-order valence-electron chi connectivity index (χ3n) is 1.66. The van der Waals surface area contributed by atoms with Crippen LogP contribution in [0.2, 0.25) is 5.02 Å². The van der Waals surface area contributed by atoms with E-state index in [0.29, 0.717) is 5.02 Å². The number of benzene rings is 1. The summed E-state index contributed by atoms with van der Waals surface area (Å²) in [6.07, 6.45) is 0. The third-order valence-corrected chi connectivity index (χ3v) is 2.56. The first-order valence-electron chi connectivity index (χ1n) is 3.52. The second-order valence-corrected chi connectivity index (χ2v) is 4.32. The van der Waals surface area contributed by atoms with Crippen LogP contribution in [0.1, 0.15) is 5.76 Å². The van der Waals surface area contributed by atoms with Crippen molar-refractivity contribution in [1.82, 2.24) is 0 Å². The maximum atomic E-state index is 5.98. The second-order valence-electron chi connectivity index (χ2n) is 2.66. The summed E-state index contributed by atoms with van der Waals surface area (Å²) in [5.74, 6) is 0.897. The first-order valence-corrected chi connectivity index (χ1v) is 4.97. The van der Waals surface area contributed by atoms with Crippen molar-refractivity contribution in [3.63, 3.8) is 0 Å². The number of rotatable bonds is 0. The molecule has 0 radical (unpaired) electrons. The quantitative estimate of drug-likeness (QED) is 0.669. The fourth-order valence-electron chi connectivity index (χ4n) is 1.20. The Morgan fingerprint density at radius 2 is 2.08 bits per heavy atom. The summed E-state index contributed by atoms with van der Waals surface area (Å²) in [6, 6.07) is 5.94. The van der Waals surface area contributed by atoms with Gasteiger partial charge in [-0.2, -0.15) is 0 Å². The molecule has 0 spiro atoms. The highest BCUT2D eigenvalue weighted by Gasteiger charge is 2.05. The molecule has 1 aromatic carbocycles. The molecular weight excluding hydrogens is 286 g/mol. The van der Waals surface area contributed by atoms with Crippen LogP contribution >= 0.6 is 34.2 Å². The van der Waals surface area contributed by atoms with Gasteiger partial charge in [0.05, 0.1) is 5.02 Å². The maximum Gasteiger partial charge on any atom is 0.152 e. The van der Waals surface area contributed by atoms with Crippen LogP contribution in [0.15, 0.2) is 22.6 Å². The van der Waals surface area contributed by atoms with Gasteiger partial charge in [-0.1, -0.05) is 11.6 Å². The Balaban J connectivity index is 2.88. The SMILES string of the molecule is Cc1cc2cc(I)cc(Cl)c2o1. The molecule has 0 bridgehead atoms. The summed E-state index contributed by atoms with van der Waals surface area (Å²) in [6.45, 7) is 1.92. The van der Waals surface area contributed by atoms with E-state index < -0.39 is 0 Å². The number of furan rings is 1. The highest BCUT2D eigenvalue weighted by Crippen LogP contribution is 2.28. The molecule has 0 N–H and O–H groups in total. The Kier molecular flexibility index (Phi) is 2.04. The van der Waals surface area contributed by atoms with Gasteiger partial charge in [-0.05, 0) is 47.7 Å². The summed E-state index contributed by atoms with van der Waals surface area (Å²) in [5, 5.41) is 1.76. The minimum atomic E-state index is 0.685. The number of halogens is 2. The number of hydrogen-bond acceptors (Lipinski definition) is 1. The molecule has 0 aliphatic rings. The Morgan fingerprint density at radius 3 is 2.83 bits per heavy atom. The van der Waals surface area contributed by atoms with Crippen molar-refractivity contribution in [2.75, 3.05) is 0 Å². The molecule has 1 nitrogen and oxygen atoms in total. The Bertz CT molecular complexity index is 433. The van der Waals surface area contributed by atoms with Crippen molar-refractivity contribution in [2.24, 2.45) is 0 Å². The zero-order chi connectivity index (χ0) is 8.72. The number of hydrogen-bond donors (Lipinski definition) is 0. The molecule has 12 heavy (non-hydrogen) atoms. The molecule has 0 amide bonds. The average molecular weight is 293 g/mol. The van der Waals surface area contributed by atoms with Crippen LogP contribution < -0.4 is 0 Å². The zero-order valence-electron chi connectivity index (χ0n) is 6.40. The van der Waals surface area contributed by atoms with Crippen LogP contribution in [0.5, 0.6) is 0 Å². The van der Waals surface area contributed by atoms with Gasteiger partial charge in [0.25, 0.3) is 0 Å². The highest BCUT2D eigenvalue weighted by molar-refractivity contribution is 14.1. The van der Waals surface area contributed by atoms with Crippen molar-refractivity contribution < 1.29 is 4.42 Å². The van der Waals surface area contributed by atoms with E-state index in [2.05, 4.69) is 28.7 Å². The van der Waals surface area contributed by atoms with Gasteiger partial charge in [0.15, 0.2) is 5.58 Å². The standard InChI is InChI=1S/C9H6ClIO/c1-5-2-6-3-7(11)4-8(10)9(6)12-5/h2-4H,1H3. The predicted molar refractivity (Wildman–Crippen MR) is 58.7 cm³/mol.